The maximum Gasteiger partial charge on any atom is 0.136 e. The molecular formula is C32H28N2O. The van der Waals surface area contributed by atoms with Crippen LogP contribution in [-0.4, -0.2) is 9.38 Å². The first-order chi connectivity index (χ1) is 17.3. The molecule has 0 aliphatic heterocycles. The van der Waals surface area contributed by atoms with E-state index in [9.17, 15) is 0 Å². The van der Waals surface area contributed by atoms with Crippen molar-refractivity contribution in [2.75, 3.05) is 0 Å². The van der Waals surface area contributed by atoms with Gasteiger partial charge in [0.15, 0.2) is 0 Å². The van der Waals surface area contributed by atoms with Crippen molar-refractivity contribution in [3.63, 3.8) is 0 Å². The van der Waals surface area contributed by atoms with Gasteiger partial charge in [-0.2, -0.15) is 0 Å². The average Bonchev–Trinajstić information content (AvgIpc) is 3.06. The van der Waals surface area contributed by atoms with Crippen molar-refractivity contribution in [3.8, 4) is 22.8 Å². The minimum Gasteiger partial charge on any atom is -0.457 e. The molecule has 0 N–H and O–H groups in total. The van der Waals surface area contributed by atoms with E-state index in [-0.39, 0.29) is 0 Å². The van der Waals surface area contributed by atoms with Crippen molar-refractivity contribution in [1.82, 2.24) is 9.38 Å². The van der Waals surface area contributed by atoms with Crippen LogP contribution >= 0.6 is 0 Å². The number of para-hydroxylation sites is 2. The molecule has 35 heavy (non-hydrogen) atoms. The SMILES string of the molecule is Cc1cc(-c2ccccc2Oc2ccccc2)n2ccnc(Cc3ccc4c(c3)C=CCCC4)c12. The Hall–Kier alpha value is -4.11. The molecule has 0 atom stereocenters. The van der Waals surface area contributed by atoms with Crippen molar-refractivity contribution < 1.29 is 4.74 Å². The molecule has 1 aliphatic carbocycles. The van der Waals surface area contributed by atoms with Gasteiger partial charge in [-0.25, -0.2) is 0 Å². The standard InChI is InChI=1S/C32H28N2O/c1-23-20-30(28-14-8-9-15-31(28)35-27-12-6-3-7-13-27)34-19-18-33-29(32(23)34)22-24-16-17-25-10-4-2-5-11-26(25)21-24/h3,5-9,11-21H,2,4,10,22H2,1H3. The van der Waals surface area contributed by atoms with Crippen LogP contribution in [0.25, 0.3) is 22.9 Å². The first-order valence-corrected chi connectivity index (χ1v) is 12.3. The van der Waals surface area contributed by atoms with Gasteiger partial charge in [0.25, 0.3) is 0 Å². The quantitative estimate of drug-likeness (QED) is 0.267. The van der Waals surface area contributed by atoms with Crippen LogP contribution in [0.15, 0.2) is 97.3 Å². The molecule has 5 aromatic rings. The topological polar surface area (TPSA) is 26.5 Å². The van der Waals surface area contributed by atoms with E-state index < -0.39 is 0 Å². The van der Waals surface area contributed by atoms with Crippen molar-refractivity contribution in [3.05, 3.63) is 125 Å². The highest BCUT2D eigenvalue weighted by molar-refractivity contribution is 5.76. The molecule has 2 heterocycles. The molecular weight excluding hydrogens is 428 g/mol. The second kappa shape index (κ2) is 9.27. The van der Waals surface area contributed by atoms with Crippen LogP contribution in [0.3, 0.4) is 0 Å². The summed E-state index contributed by atoms with van der Waals surface area (Å²) in [5.41, 5.74) is 9.75. The van der Waals surface area contributed by atoms with Gasteiger partial charge in [0, 0.05) is 24.4 Å². The van der Waals surface area contributed by atoms with E-state index in [2.05, 4.69) is 66.1 Å². The summed E-state index contributed by atoms with van der Waals surface area (Å²) in [5, 5.41) is 0. The lowest BCUT2D eigenvalue weighted by Gasteiger charge is -2.12. The lowest BCUT2D eigenvalue weighted by molar-refractivity contribution is 0.484. The van der Waals surface area contributed by atoms with Crippen molar-refractivity contribution in [2.24, 2.45) is 0 Å². The highest BCUT2D eigenvalue weighted by atomic mass is 16.5. The molecule has 172 valence electrons. The summed E-state index contributed by atoms with van der Waals surface area (Å²) < 4.78 is 8.53. The minimum absolute atomic E-state index is 0.803. The molecule has 2 aromatic heterocycles. The van der Waals surface area contributed by atoms with Crippen LogP contribution in [0, 0.1) is 6.92 Å². The first-order valence-electron chi connectivity index (χ1n) is 12.3. The Morgan fingerprint density at radius 2 is 1.80 bits per heavy atom. The summed E-state index contributed by atoms with van der Waals surface area (Å²) in [6, 6.07) is 27.3. The Labute approximate surface area is 206 Å². The van der Waals surface area contributed by atoms with Gasteiger partial charge in [0.1, 0.15) is 11.5 Å². The first kappa shape index (κ1) is 21.4. The number of hydrogen-bond acceptors (Lipinski definition) is 2. The molecule has 0 unspecified atom stereocenters. The maximum absolute atomic E-state index is 6.28. The summed E-state index contributed by atoms with van der Waals surface area (Å²) in [4.78, 5) is 4.82. The molecule has 0 radical (unpaired) electrons. The molecule has 0 saturated carbocycles. The third-order valence-corrected chi connectivity index (χ3v) is 6.78. The fourth-order valence-corrected chi connectivity index (χ4v) is 5.10. The maximum atomic E-state index is 6.28. The Balaban J connectivity index is 1.40. The molecule has 1 aliphatic rings. The van der Waals surface area contributed by atoms with Crippen LogP contribution in [0.5, 0.6) is 11.5 Å². The number of ether oxygens (including phenoxy) is 1. The van der Waals surface area contributed by atoms with Gasteiger partial charge in [-0.1, -0.05) is 60.7 Å². The Morgan fingerprint density at radius 3 is 2.71 bits per heavy atom. The summed E-state index contributed by atoms with van der Waals surface area (Å²) in [6.45, 7) is 2.17. The summed E-state index contributed by atoms with van der Waals surface area (Å²) in [6.07, 6.45) is 12.9. The lowest BCUT2D eigenvalue weighted by Crippen LogP contribution is -2.00. The summed E-state index contributed by atoms with van der Waals surface area (Å²) in [7, 11) is 0. The molecule has 0 spiro atoms. The third-order valence-electron chi connectivity index (χ3n) is 6.78. The zero-order chi connectivity index (χ0) is 23.6. The fraction of sp³-hybridized carbons (Fsp3) is 0.156. The lowest BCUT2D eigenvalue weighted by atomic mass is 9.99. The average molecular weight is 457 g/mol. The molecule has 3 heteroatoms. The highest BCUT2D eigenvalue weighted by Crippen LogP contribution is 2.36. The molecule has 0 amide bonds. The largest absolute Gasteiger partial charge is 0.457 e. The van der Waals surface area contributed by atoms with Gasteiger partial charge in [-0.3, -0.25) is 4.98 Å². The Bertz CT molecular complexity index is 1530. The zero-order valence-electron chi connectivity index (χ0n) is 19.9. The number of benzene rings is 3. The zero-order valence-corrected chi connectivity index (χ0v) is 19.9. The van der Waals surface area contributed by atoms with Crippen LogP contribution in [-0.2, 0) is 12.8 Å². The van der Waals surface area contributed by atoms with Gasteiger partial charge in [-0.15, -0.1) is 0 Å². The van der Waals surface area contributed by atoms with Gasteiger partial charge in [-0.05, 0) is 78.8 Å². The van der Waals surface area contributed by atoms with Gasteiger partial charge in [0.05, 0.1) is 16.9 Å². The van der Waals surface area contributed by atoms with Gasteiger partial charge >= 0.3 is 0 Å². The van der Waals surface area contributed by atoms with Crippen molar-refractivity contribution in [2.45, 2.75) is 32.6 Å². The molecule has 3 nitrogen and oxygen atoms in total. The number of allylic oxidation sites excluding steroid dienone is 1. The van der Waals surface area contributed by atoms with E-state index in [1.165, 1.54) is 34.2 Å². The number of nitrogens with zero attached hydrogens (tertiary/aromatic N) is 2. The third kappa shape index (κ3) is 4.26. The predicted molar refractivity (Wildman–Crippen MR) is 143 cm³/mol. The van der Waals surface area contributed by atoms with Crippen LogP contribution in [0.4, 0.5) is 0 Å². The number of aryl methyl sites for hydroxylation is 2. The van der Waals surface area contributed by atoms with Crippen LogP contribution < -0.4 is 4.74 Å². The van der Waals surface area contributed by atoms with Gasteiger partial charge in [0.2, 0.25) is 0 Å². The van der Waals surface area contributed by atoms with E-state index in [1.54, 1.807) is 0 Å². The van der Waals surface area contributed by atoms with Crippen molar-refractivity contribution in [1.29, 1.82) is 0 Å². The van der Waals surface area contributed by atoms with Crippen LogP contribution in [0.2, 0.25) is 0 Å². The van der Waals surface area contributed by atoms with Crippen LogP contribution in [0.1, 0.15) is 40.8 Å². The van der Waals surface area contributed by atoms with E-state index in [0.29, 0.717) is 0 Å². The monoisotopic (exact) mass is 456 g/mol. The number of aromatic nitrogens is 2. The van der Waals surface area contributed by atoms with E-state index in [4.69, 9.17) is 9.72 Å². The van der Waals surface area contributed by atoms with E-state index >= 15 is 0 Å². The minimum atomic E-state index is 0.803. The molecule has 6 rings (SSSR count). The van der Waals surface area contributed by atoms with E-state index in [0.717, 1.165) is 47.7 Å². The molecule has 0 bridgehead atoms. The van der Waals surface area contributed by atoms with Crippen molar-refractivity contribution >= 4 is 11.6 Å². The number of fused-ring (bicyclic) bond motifs is 2. The summed E-state index contributed by atoms with van der Waals surface area (Å²) in [5.74, 6) is 1.67. The normalized spacial score (nSPS) is 12.9. The smallest absolute Gasteiger partial charge is 0.136 e. The molecule has 3 aromatic carbocycles. The Kier molecular flexibility index (Phi) is 5.67. The fourth-order valence-electron chi connectivity index (χ4n) is 5.10. The Morgan fingerprint density at radius 1 is 0.943 bits per heavy atom. The molecule has 0 saturated heterocycles. The second-order valence-electron chi connectivity index (χ2n) is 9.22. The molecule has 0 fully saturated rings. The number of rotatable bonds is 5. The summed E-state index contributed by atoms with van der Waals surface area (Å²) >= 11 is 0. The van der Waals surface area contributed by atoms with Gasteiger partial charge < -0.3 is 9.14 Å². The second-order valence-corrected chi connectivity index (χ2v) is 9.22. The van der Waals surface area contributed by atoms with E-state index in [1.807, 2.05) is 48.7 Å². The number of hydrogen-bond donors (Lipinski definition) is 0. The predicted octanol–water partition coefficient (Wildman–Crippen LogP) is 8.04. The highest BCUT2D eigenvalue weighted by Gasteiger charge is 2.16.